The van der Waals surface area contributed by atoms with Crippen molar-refractivity contribution < 1.29 is 18.7 Å². The lowest BCUT2D eigenvalue weighted by atomic mass is 10.3. The number of nitrogens with one attached hydrogen (secondary N) is 1. The minimum atomic E-state index is -0.920. The molecule has 1 fully saturated rings. The maximum atomic E-state index is 13.0. The molecule has 1 aliphatic rings. The largest absolute Gasteiger partial charge is 0.447 e. The molecule has 1 saturated carbocycles. The van der Waals surface area contributed by atoms with Crippen molar-refractivity contribution >= 4 is 11.9 Å². The van der Waals surface area contributed by atoms with Gasteiger partial charge in [0.05, 0.1) is 5.69 Å². The van der Waals surface area contributed by atoms with Gasteiger partial charge in [0.25, 0.3) is 11.7 Å². The van der Waals surface area contributed by atoms with E-state index in [1.54, 1.807) is 6.92 Å². The van der Waals surface area contributed by atoms with Crippen LogP contribution in [-0.2, 0) is 9.53 Å². The van der Waals surface area contributed by atoms with E-state index in [1.165, 1.54) is 35.9 Å². The van der Waals surface area contributed by atoms with Gasteiger partial charge in [-0.25, -0.2) is 18.9 Å². The molecule has 1 aromatic heterocycles. The lowest BCUT2D eigenvalue weighted by molar-refractivity contribution is -0.129. The molecule has 1 atom stereocenters. The molecule has 1 N–H and O–H groups in total. The third-order valence-electron chi connectivity index (χ3n) is 3.60. The highest BCUT2D eigenvalue weighted by molar-refractivity contribution is 5.89. The Hall–Kier alpha value is -2.77. The molecule has 7 nitrogen and oxygen atoms in total. The van der Waals surface area contributed by atoms with E-state index < -0.39 is 12.1 Å². The second kappa shape index (κ2) is 6.38. The molecule has 8 heteroatoms. The summed E-state index contributed by atoms with van der Waals surface area (Å²) in [6.07, 6.45) is 0.987. The minimum absolute atomic E-state index is 0.150. The number of hydrogen-bond acceptors (Lipinski definition) is 5. The number of hydrogen-bond donors (Lipinski definition) is 1. The molecule has 1 aromatic carbocycles. The monoisotopic (exact) mass is 332 g/mol. The predicted octanol–water partition coefficient (Wildman–Crippen LogP) is 1.54. The normalized spacial score (nSPS) is 15.0. The van der Waals surface area contributed by atoms with Gasteiger partial charge in [0.15, 0.2) is 6.10 Å². The van der Waals surface area contributed by atoms with Gasteiger partial charge in [0.1, 0.15) is 11.6 Å². The van der Waals surface area contributed by atoms with Crippen LogP contribution in [0.25, 0.3) is 5.69 Å². The fraction of sp³-hybridized carbons (Fsp3) is 0.375. The summed E-state index contributed by atoms with van der Waals surface area (Å²) in [5.74, 6) is -1.18. The lowest BCUT2D eigenvalue weighted by Gasteiger charge is -2.11. The summed E-state index contributed by atoms with van der Waals surface area (Å²) in [5.41, 5.74) is 0.569. The average molecular weight is 332 g/mol. The van der Waals surface area contributed by atoms with E-state index in [-0.39, 0.29) is 23.6 Å². The Kier molecular flexibility index (Phi) is 4.28. The van der Waals surface area contributed by atoms with Crippen LogP contribution in [0, 0.1) is 12.7 Å². The molecule has 0 saturated heterocycles. The maximum absolute atomic E-state index is 13.0. The smallest absolute Gasteiger partial charge is 0.379 e. The number of benzene rings is 1. The van der Waals surface area contributed by atoms with Gasteiger partial charge in [-0.05, 0) is 51.0 Å². The van der Waals surface area contributed by atoms with Crippen LogP contribution in [0.15, 0.2) is 24.3 Å². The van der Waals surface area contributed by atoms with Gasteiger partial charge < -0.3 is 10.1 Å². The van der Waals surface area contributed by atoms with Crippen LogP contribution >= 0.6 is 0 Å². The number of ether oxygens (including phenoxy) is 1. The first-order valence-corrected chi connectivity index (χ1v) is 7.65. The van der Waals surface area contributed by atoms with Crippen molar-refractivity contribution in [1.82, 2.24) is 20.1 Å². The summed E-state index contributed by atoms with van der Waals surface area (Å²) in [6.45, 7) is 3.16. The molecule has 126 valence electrons. The van der Waals surface area contributed by atoms with E-state index in [0.717, 1.165) is 12.8 Å². The molecule has 0 spiro atoms. The highest BCUT2D eigenvalue weighted by Gasteiger charge is 2.28. The van der Waals surface area contributed by atoms with Crippen LogP contribution in [0.1, 0.15) is 36.2 Å². The second-order valence-electron chi connectivity index (χ2n) is 5.70. The molecule has 24 heavy (non-hydrogen) atoms. The number of aromatic nitrogens is 3. The number of amides is 1. The molecule has 0 radical (unpaired) electrons. The SMILES string of the molecule is Cc1nc(C(=O)O[C@H](C)C(=O)NC2CC2)nn1-c1ccc(F)cc1. The van der Waals surface area contributed by atoms with Gasteiger partial charge in [-0.3, -0.25) is 4.79 Å². The van der Waals surface area contributed by atoms with Gasteiger partial charge in [0.2, 0.25) is 0 Å². The first-order chi connectivity index (χ1) is 11.4. The zero-order chi connectivity index (χ0) is 17.3. The quantitative estimate of drug-likeness (QED) is 0.839. The first kappa shape index (κ1) is 16.1. The van der Waals surface area contributed by atoms with Crippen LogP contribution < -0.4 is 5.32 Å². The Morgan fingerprint density at radius 2 is 2.00 bits per heavy atom. The van der Waals surface area contributed by atoms with E-state index in [2.05, 4.69) is 15.4 Å². The number of halogens is 1. The summed E-state index contributed by atoms with van der Waals surface area (Å²) in [6, 6.07) is 5.82. The Balaban J connectivity index is 1.70. The molecule has 1 aliphatic carbocycles. The maximum Gasteiger partial charge on any atom is 0.379 e. The number of esters is 1. The molecule has 3 rings (SSSR count). The number of carbonyl (C=O) groups is 2. The van der Waals surface area contributed by atoms with Crippen LogP contribution in [0.5, 0.6) is 0 Å². The van der Waals surface area contributed by atoms with Crippen molar-refractivity contribution in [2.75, 3.05) is 0 Å². The van der Waals surface area contributed by atoms with Crippen LogP contribution in [0.3, 0.4) is 0 Å². The second-order valence-corrected chi connectivity index (χ2v) is 5.70. The predicted molar refractivity (Wildman–Crippen MR) is 82.1 cm³/mol. The lowest BCUT2D eigenvalue weighted by Crippen LogP contribution is -2.37. The zero-order valence-electron chi connectivity index (χ0n) is 13.3. The number of aryl methyl sites for hydroxylation is 1. The molecule has 1 heterocycles. The van der Waals surface area contributed by atoms with E-state index in [0.29, 0.717) is 11.5 Å². The Morgan fingerprint density at radius 3 is 2.62 bits per heavy atom. The van der Waals surface area contributed by atoms with Crippen molar-refractivity contribution in [3.8, 4) is 5.69 Å². The molecule has 0 bridgehead atoms. The number of rotatable bonds is 5. The van der Waals surface area contributed by atoms with Crippen molar-refractivity contribution in [3.63, 3.8) is 0 Å². The van der Waals surface area contributed by atoms with Crippen LogP contribution in [-0.4, -0.2) is 38.8 Å². The molecule has 2 aromatic rings. The Morgan fingerprint density at radius 1 is 1.33 bits per heavy atom. The van der Waals surface area contributed by atoms with E-state index >= 15 is 0 Å². The van der Waals surface area contributed by atoms with Crippen molar-refractivity contribution in [2.24, 2.45) is 0 Å². The zero-order valence-corrected chi connectivity index (χ0v) is 13.3. The van der Waals surface area contributed by atoms with Crippen molar-refractivity contribution in [2.45, 2.75) is 38.8 Å². The van der Waals surface area contributed by atoms with Gasteiger partial charge >= 0.3 is 5.97 Å². The fourth-order valence-electron chi connectivity index (χ4n) is 2.12. The molecular formula is C16H17FN4O3. The number of nitrogens with zero attached hydrogens (tertiary/aromatic N) is 3. The fourth-order valence-corrected chi connectivity index (χ4v) is 2.12. The van der Waals surface area contributed by atoms with E-state index in [4.69, 9.17) is 4.74 Å². The summed E-state index contributed by atoms with van der Waals surface area (Å²) >= 11 is 0. The third kappa shape index (κ3) is 3.58. The summed E-state index contributed by atoms with van der Waals surface area (Å²) < 4.78 is 19.5. The van der Waals surface area contributed by atoms with Gasteiger partial charge in [-0.1, -0.05) is 0 Å². The summed E-state index contributed by atoms with van der Waals surface area (Å²) in [4.78, 5) is 28.0. The molecule has 1 amide bonds. The first-order valence-electron chi connectivity index (χ1n) is 7.65. The highest BCUT2D eigenvalue weighted by atomic mass is 19.1. The van der Waals surface area contributed by atoms with Crippen molar-refractivity contribution in [1.29, 1.82) is 0 Å². The molecule has 0 aliphatic heterocycles. The minimum Gasteiger partial charge on any atom is -0.447 e. The summed E-state index contributed by atoms with van der Waals surface area (Å²) in [7, 11) is 0. The van der Waals surface area contributed by atoms with Gasteiger partial charge in [0, 0.05) is 6.04 Å². The van der Waals surface area contributed by atoms with Gasteiger partial charge in [-0.15, -0.1) is 5.10 Å². The van der Waals surface area contributed by atoms with Gasteiger partial charge in [-0.2, -0.15) is 0 Å². The highest BCUT2D eigenvalue weighted by Crippen LogP contribution is 2.19. The summed E-state index contributed by atoms with van der Waals surface area (Å²) in [5, 5.41) is 6.83. The Bertz CT molecular complexity index is 768. The average Bonchev–Trinajstić information content (AvgIpc) is 3.27. The topological polar surface area (TPSA) is 86.1 Å². The van der Waals surface area contributed by atoms with Crippen LogP contribution in [0.2, 0.25) is 0 Å². The number of carbonyl (C=O) groups excluding carboxylic acids is 2. The van der Waals surface area contributed by atoms with Crippen molar-refractivity contribution in [3.05, 3.63) is 41.7 Å². The third-order valence-corrected chi connectivity index (χ3v) is 3.60. The van der Waals surface area contributed by atoms with Crippen LogP contribution in [0.4, 0.5) is 4.39 Å². The van der Waals surface area contributed by atoms with E-state index in [9.17, 15) is 14.0 Å². The molecular weight excluding hydrogens is 315 g/mol. The Labute approximate surface area is 137 Å². The standard InChI is InChI=1S/C16H17FN4O3/c1-9(15(22)19-12-5-6-12)24-16(23)14-18-10(2)21(20-14)13-7-3-11(17)4-8-13/h3-4,7-9,12H,5-6H2,1-2H3,(H,19,22)/t9-/m1/s1. The van der Waals surface area contributed by atoms with E-state index in [1.807, 2.05) is 0 Å². The molecule has 0 unspecified atom stereocenters.